The van der Waals surface area contributed by atoms with Crippen LogP contribution in [0.5, 0.6) is 0 Å². The number of anilines is 6. The molecule has 0 amide bonds. The van der Waals surface area contributed by atoms with Crippen molar-refractivity contribution in [3.8, 4) is 33.4 Å². The van der Waals surface area contributed by atoms with Crippen LogP contribution in [0.4, 0.5) is 34.1 Å². The zero-order valence-corrected chi connectivity index (χ0v) is 33.9. The van der Waals surface area contributed by atoms with Crippen LogP contribution in [0.15, 0.2) is 205 Å². The molecule has 3 nitrogen and oxygen atoms in total. The van der Waals surface area contributed by atoms with E-state index in [9.17, 15) is 0 Å². The van der Waals surface area contributed by atoms with Gasteiger partial charge in [-0.05, 0) is 134 Å². The summed E-state index contributed by atoms with van der Waals surface area (Å²) in [6, 6.07) is 73.8. The Hall–Kier alpha value is -7.56. The van der Waals surface area contributed by atoms with Gasteiger partial charge in [-0.2, -0.15) is 0 Å². The van der Waals surface area contributed by atoms with Gasteiger partial charge in [-0.3, -0.25) is 0 Å². The monoisotopic (exact) mass is 778 g/mol. The second-order valence-electron chi connectivity index (χ2n) is 17.3. The van der Waals surface area contributed by atoms with Gasteiger partial charge in [-0.15, -0.1) is 0 Å². The molecule has 0 bridgehead atoms. The Morgan fingerprint density at radius 2 is 0.967 bits per heavy atom. The minimum Gasteiger partial charge on any atom is -0.456 e. The van der Waals surface area contributed by atoms with E-state index in [1.54, 1.807) is 0 Å². The first kappa shape index (κ1) is 34.3. The summed E-state index contributed by atoms with van der Waals surface area (Å²) in [6.07, 6.45) is 0. The topological polar surface area (TPSA) is 19.6 Å². The van der Waals surface area contributed by atoms with Crippen molar-refractivity contribution in [2.75, 3.05) is 9.80 Å². The van der Waals surface area contributed by atoms with Crippen LogP contribution in [0.25, 0.3) is 55.3 Å². The van der Waals surface area contributed by atoms with Gasteiger partial charge in [0.25, 0.3) is 6.71 Å². The number of benzene rings is 9. The minimum atomic E-state index is -0.0416. The van der Waals surface area contributed by atoms with Gasteiger partial charge in [0.15, 0.2) is 0 Å². The van der Waals surface area contributed by atoms with Crippen LogP contribution in [0.2, 0.25) is 0 Å². The van der Waals surface area contributed by atoms with Gasteiger partial charge in [0.2, 0.25) is 0 Å². The fraction of sp³-hybridized carbons (Fsp3) is 0.0526. The summed E-state index contributed by atoms with van der Waals surface area (Å²) >= 11 is 0. The summed E-state index contributed by atoms with van der Waals surface area (Å²) in [5.41, 5.74) is 23.1. The molecule has 286 valence electrons. The smallest absolute Gasteiger partial charge is 0.252 e. The molecule has 2 aliphatic heterocycles. The van der Waals surface area contributed by atoms with Crippen LogP contribution in [0.3, 0.4) is 0 Å². The van der Waals surface area contributed by atoms with Crippen LogP contribution in [0, 0.1) is 0 Å². The van der Waals surface area contributed by atoms with E-state index in [2.05, 4.69) is 212 Å². The number of para-hydroxylation sites is 3. The van der Waals surface area contributed by atoms with Gasteiger partial charge in [0.1, 0.15) is 11.2 Å². The van der Waals surface area contributed by atoms with Crippen molar-refractivity contribution in [3.05, 3.63) is 211 Å². The standard InChI is InChI=1S/C57H39BN2O/c1-57(2)46-17-5-3-15-42(46)43-31-27-39(35-47(43)57)36-25-29-40(30-26-36)59-50-20-8-6-18-48(50)58-49-19-7-9-21-51(49)60(53-23-12-22-52(59)56(53)58)41-14-11-13-37(33-41)38-28-32-55-45(34-38)44-16-4-10-24-54(44)61-55/h3-35H,1-2H3. The molecule has 1 aliphatic carbocycles. The molecule has 0 N–H and O–H groups in total. The second kappa shape index (κ2) is 12.7. The van der Waals surface area contributed by atoms with Crippen LogP contribution in [-0.4, -0.2) is 6.71 Å². The first-order chi connectivity index (χ1) is 30.0. The van der Waals surface area contributed by atoms with Crippen LogP contribution < -0.4 is 26.2 Å². The van der Waals surface area contributed by atoms with Gasteiger partial charge >= 0.3 is 0 Å². The number of fused-ring (bicyclic) bond motifs is 10. The SMILES string of the molecule is CC1(C)c2ccccc2-c2ccc(-c3ccc(N4c5ccccc5B5c6ccccc6N(c6cccc(-c7ccc8oc9ccccc9c8c7)c6)c6cccc4c65)cc3)cc21. The predicted molar refractivity (Wildman–Crippen MR) is 256 cm³/mol. The Bertz CT molecular complexity index is 3430. The Morgan fingerprint density at radius 1 is 0.393 bits per heavy atom. The molecule has 1 aromatic heterocycles. The molecule has 61 heavy (non-hydrogen) atoms. The first-order valence-electron chi connectivity index (χ1n) is 21.3. The normalized spacial score (nSPS) is 14.1. The summed E-state index contributed by atoms with van der Waals surface area (Å²) in [5, 5.41) is 2.27. The van der Waals surface area contributed by atoms with Gasteiger partial charge in [-0.1, -0.05) is 141 Å². The molecule has 9 aromatic carbocycles. The molecule has 0 spiro atoms. The van der Waals surface area contributed by atoms with Crippen molar-refractivity contribution in [3.63, 3.8) is 0 Å². The quantitative estimate of drug-likeness (QED) is 0.166. The van der Waals surface area contributed by atoms with Crippen LogP contribution >= 0.6 is 0 Å². The van der Waals surface area contributed by atoms with E-state index in [1.807, 2.05) is 12.1 Å². The number of rotatable bonds is 4. The number of nitrogens with zero attached hydrogens (tertiary/aromatic N) is 2. The average Bonchev–Trinajstić information content (AvgIpc) is 3.80. The van der Waals surface area contributed by atoms with Crippen molar-refractivity contribution < 1.29 is 4.42 Å². The summed E-state index contributed by atoms with van der Waals surface area (Å²) < 4.78 is 6.19. The maximum Gasteiger partial charge on any atom is 0.252 e. The third-order valence-electron chi connectivity index (χ3n) is 13.7. The maximum atomic E-state index is 6.19. The average molecular weight is 779 g/mol. The fourth-order valence-corrected chi connectivity index (χ4v) is 10.8. The molecule has 0 atom stereocenters. The van der Waals surface area contributed by atoms with E-state index in [0.717, 1.165) is 44.4 Å². The molecule has 0 saturated carbocycles. The van der Waals surface area contributed by atoms with Gasteiger partial charge < -0.3 is 14.2 Å². The second-order valence-corrected chi connectivity index (χ2v) is 17.3. The van der Waals surface area contributed by atoms with Gasteiger partial charge in [0, 0.05) is 50.3 Å². The van der Waals surface area contributed by atoms with Crippen molar-refractivity contribution in [1.82, 2.24) is 0 Å². The molecular formula is C57H39BN2O. The fourth-order valence-electron chi connectivity index (χ4n) is 10.8. The Balaban J connectivity index is 0.926. The molecule has 0 fully saturated rings. The molecule has 10 aromatic rings. The van der Waals surface area contributed by atoms with E-state index >= 15 is 0 Å². The van der Waals surface area contributed by atoms with Crippen molar-refractivity contribution in [1.29, 1.82) is 0 Å². The third-order valence-corrected chi connectivity index (χ3v) is 13.7. The largest absolute Gasteiger partial charge is 0.456 e. The lowest BCUT2D eigenvalue weighted by Gasteiger charge is -2.44. The van der Waals surface area contributed by atoms with Gasteiger partial charge in [0.05, 0.1) is 0 Å². The molecule has 4 heteroatoms. The molecule has 3 heterocycles. The van der Waals surface area contributed by atoms with Gasteiger partial charge in [-0.25, -0.2) is 0 Å². The number of furan rings is 1. The highest BCUT2D eigenvalue weighted by atomic mass is 16.3. The van der Waals surface area contributed by atoms with E-state index in [0.29, 0.717) is 0 Å². The van der Waals surface area contributed by atoms with Crippen molar-refractivity contribution in [2.45, 2.75) is 19.3 Å². The van der Waals surface area contributed by atoms with Crippen molar-refractivity contribution >= 4 is 79.2 Å². The van der Waals surface area contributed by atoms with E-state index in [1.165, 1.54) is 72.5 Å². The highest BCUT2D eigenvalue weighted by Crippen LogP contribution is 2.50. The Labute approximate surface area is 355 Å². The molecule has 0 saturated heterocycles. The van der Waals surface area contributed by atoms with Crippen LogP contribution in [-0.2, 0) is 5.41 Å². The zero-order valence-electron chi connectivity index (χ0n) is 33.9. The van der Waals surface area contributed by atoms with E-state index in [-0.39, 0.29) is 12.1 Å². The third kappa shape index (κ3) is 4.94. The summed E-state index contributed by atoms with van der Waals surface area (Å²) in [7, 11) is 0. The number of hydrogen-bond acceptors (Lipinski definition) is 3. The maximum absolute atomic E-state index is 6.19. The molecule has 13 rings (SSSR count). The molecule has 3 aliphatic rings. The Kier molecular flexibility index (Phi) is 7.16. The van der Waals surface area contributed by atoms with Crippen molar-refractivity contribution in [2.24, 2.45) is 0 Å². The molecule has 0 radical (unpaired) electrons. The highest BCUT2D eigenvalue weighted by Gasteiger charge is 2.43. The lowest BCUT2D eigenvalue weighted by atomic mass is 9.33. The first-order valence-corrected chi connectivity index (χ1v) is 21.3. The minimum absolute atomic E-state index is 0.0416. The lowest BCUT2D eigenvalue weighted by molar-refractivity contribution is 0.660. The predicted octanol–water partition coefficient (Wildman–Crippen LogP) is 13.3. The lowest BCUT2D eigenvalue weighted by Crippen LogP contribution is -2.61. The zero-order chi connectivity index (χ0) is 40.4. The van der Waals surface area contributed by atoms with E-state index < -0.39 is 0 Å². The summed E-state index contributed by atoms with van der Waals surface area (Å²) in [5.74, 6) is 0. The number of hydrogen-bond donors (Lipinski definition) is 0. The highest BCUT2D eigenvalue weighted by molar-refractivity contribution is 7.00. The molecule has 0 unspecified atom stereocenters. The van der Waals surface area contributed by atoms with Crippen LogP contribution in [0.1, 0.15) is 25.0 Å². The summed E-state index contributed by atoms with van der Waals surface area (Å²) in [4.78, 5) is 4.95. The van der Waals surface area contributed by atoms with E-state index in [4.69, 9.17) is 4.42 Å². The molecular weight excluding hydrogens is 739 g/mol. The Morgan fingerprint density at radius 3 is 1.77 bits per heavy atom. The summed E-state index contributed by atoms with van der Waals surface area (Å²) in [6.45, 7) is 4.79.